The molecule has 2 fully saturated rings. The van der Waals surface area contributed by atoms with Gasteiger partial charge in [-0.1, -0.05) is 41.5 Å². The van der Waals surface area contributed by atoms with Crippen molar-refractivity contribution in [2.24, 2.45) is 0 Å². The second-order valence-electron chi connectivity index (χ2n) is 7.94. The van der Waals surface area contributed by atoms with E-state index in [2.05, 4.69) is 64.4 Å². The van der Waals surface area contributed by atoms with Gasteiger partial charge in [0.2, 0.25) is 8.32 Å². The number of hydrogen-bond acceptors (Lipinski definition) is 3. The fraction of sp³-hybridized carbons (Fsp3) is 1.00. The fourth-order valence-electron chi connectivity index (χ4n) is 5.09. The summed E-state index contributed by atoms with van der Waals surface area (Å²) in [5, 5.41) is 0.410. The molecule has 0 radical (unpaired) electrons. The van der Waals surface area contributed by atoms with Gasteiger partial charge in [-0.15, -0.1) is 0 Å². The minimum atomic E-state index is -1.71. The molecule has 0 bridgehead atoms. The van der Waals surface area contributed by atoms with E-state index in [9.17, 15) is 0 Å². The summed E-state index contributed by atoms with van der Waals surface area (Å²) in [6, 6.07) is 1.35. The standard InChI is InChI=1S/C16H36N2OSi2/c1-9-17(10-2)14-13-20(7,8)19-21(14)15(16(21,5)6)18(11-3)12-4/h14-15H,9-13H2,1-8H3. The summed E-state index contributed by atoms with van der Waals surface area (Å²) in [5.74, 6) is 0. The molecule has 2 saturated heterocycles. The first-order valence-electron chi connectivity index (χ1n) is 8.90. The van der Waals surface area contributed by atoms with Crippen molar-refractivity contribution in [1.82, 2.24) is 9.80 Å². The Morgan fingerprint density at radius 2 is 1.43 bits per heavy atom. The van der Waals surface area contributed by atoms with Crippen LogP contribution >= 0.6 is 0 Å². The lowest BCUT2D eigenvalue weighted by Gasteiger charge is -2.32. The molecule has 0 amide bonds. The highest BCUT2D eigenvalue weighted by atomic mass is 28.4. The summed E-state index contributed by atoms with van der Waals surface area (Å²) >= 11 is 0. The number of rotatable bonds is 6. The Kier molecular flexibility index (Phi) is 4.83. The van der Waals surface area contributed by atoms with E-state index in [-0.39, 0.29) is 0 Å². The molecule has 3 atom stereocenters. The molecule has 2 aliphatic heterocycles. The zero-order chi connectivity index (χ0) is 16.1. The van der Waals surface area contributed by atoms with E-state index >= 15 is 0 Å². The molecule has 0 aliphatic carbocycles. The first-order chi connectivity index (χ1) is 9.71. The van der Waals surface area contributed by atoms with Crippen molar-refractivity contribution in [3.05, 3.63) is 0 Å². The van der Waals surface area contributed by atoms with Crippen LogP contribution in [0, 0.1) is 0 Å². The lowest BCUT2D eigenvalue weighted by atomic mass is 10.2. The largest absolute Gasteiger partial charge is 0.453 e. The zero-order valence-corrected chi connectivity index (χ0v) is 17.5. The Morgan fingerprint density at radius 3 is 1.86 bits per heavy atom. The normalized spacial score (nSPS) is 36.9. The Labute approximate surface area is 134 Å². The van der Waals surface area contributed by atoms with E-state index in [0.29, 0.717) is 5.04 Å². The van der Waals surface area contributed by atoms with Gasteiger partial charge in [-0.3, -0.25) is 0 Å². The molecular formula is C16H36N2OSi2. The van der Waals surface area contributed by atoms with E-state index in [1.165, 1.54) is 19.1 Å². The maximum atomic E-state index is 7.05. The molecule has 0 aromatic heterocycles. The molecule has 2 heterocycles. The van der Waals surface area contributed by atoms with Crippen LogP contribution < -0.4 is 0 Å². The molecule has 1 spiro atoms. The van der Waals surface area contributed by atoms with E-state index in [1.807, 2.05) is 0 Å². The maximum Gasteiger partial charge on any atom is 0.221 e. The van der Waals surface area contributed by atoms with Gasteiger partial charge in [0.25, 0.3) is 0 Å². The van der Waals surface area contributed by atoms with Crippen molar-refractivity contribution < 1.29 is 4.12 Å². The molecule has 3 nitrogen and oxygen atoms in total. The van der Waals surface area contributed by atoms with Crippen LogP contribution in [0.15, 0.2) is 0 Å². The summed E-state index contributed by atoms with van der Waals surface area (Å²) in [5.41, 5.74) is 1.47. The lowest BCUT2D eigenvalue weighted by Crippen LogP contribution is -2.51. The Hall–Kier alpha value is 0.314. The topological polar surface area (TPSA) is 15.7 Å². The monoisotopic (exact) mass is 328 g/mol. The van der Waals surface area contributed by atoms with Crippen molar-refractivity contribution in [1.29, 1.82) is 0 Å². The highest BCUT2D eigenvalue weighted by molar-refractivity contribution is 7.01. The van der Waals surface area contributed by atoms with Crippen LogP contribution in [0.3, 0.4) is 0 Å². The van der Waals surface area contributed by atoms with Gasteiger partial charge >= 0.3 is 0 Å². The number of nitrogens with zero attached hydrogens (tertiary/aromatic N) is 2. The molecule has 21 heavy (non-hydrogen) atoms. The molecule has 5 heteroatoms. The van der Waals surface area contributed by atoms with Crippen LogP contribution in [-0.4, -0.2) is 63.9 Å². The van der Waals surface area contributed by atoms with Gasteiger partial charge in [-0.2, -0.15) is 0 Å². The van der Waals surface area contributed by atoms with Gasteiger partial charge in [0.15, 0.2) is 8.32 Å². The van der Waals surface area contributed by atoms with Crippen LogP contribution in [0.5, 0.6) is 0 Å². The quantitative estimate of drug-likeness (QED) is 0.695. The first-order valence-corrected chi connectivity index (χ1v) is 14.1. The van der Waals surface area contributed by atoms with Crippen molar-refractivity contribution in [3.8, 4) is 0 Å². The van der Waals surface area contributed by atoms with E-state index in [0.717, 1.165) is 24.4 Å². The van der Waals surface area contributed by atoms with Crippen LogP contribution in [0.25, 0.3) is 0 Å². The Balaban J connectivity index is 2.38. The molecule has 2 rings (SSSR count). The average Bonchev–Trinajstić information content (AvgIpc) is 2.73. The molecule has 0 N–H and O–H groups in total. The third kappa shape index (κ3) is 2.49. The fourth-order valence-corrected chi connectivity index (χ4v) is 20.1. The lowest BCUT2D eigenvalue weighted by molar-refractivity contribution is 0.266. The van der Waals surface area contributed by atoms with Crippen molar-refractivity contribution in [3.63, 3.8) is 0 Å². The predicted molar refractivity (Wildman–Crippen MR) is 96.6 cm³/mol. The van der Waals surface area contributed by atoms with E-state index in [4.69, 9.17) is 4.12 Å². The minimum absolute atomic E-state index is 0.410. The van der Waals surface area contributed by atoms with Gasteiger partial charge in [0.05, 0.1) is 0 Å². The van der Waals surface area contributed by atoms with Crippen molar-refractivity contribution in [2.75, 3.05) is 26.2 Å². The third-order valence-electron chi connectivity index (χ3n) is 6.07. The van der Waals surface area contributed by atoms with Crippen LogP contribution in [-0.2, 0) is 4.12 Å². The highest BCUT2D eigenvalue weighted by Gasteiger charge is 2.83. The second-order valence-corrected chi connectivity index (χ2v) is 16.8. The van der Waals surface area contributed by atoms with Gasteiger partial charge in [-0.25, -0.2) is 0 Å². The van der Waals surface area contributed by atoms with Gasteiger partial charge in [0, 0.05) is 16.4 Å². The maximum absolute atomic E-state index is 7.05. The molecular weight excluding hydrogens is 292 g/mol. The summed E-state index contributed by atoms with van der Waals surface area (Å²) in [7, 11) is -3.19. The Bertz CT molecular complexity index is 380. The minimum Gasteiger partial charge on any atom is -0.453 e. The molecule has 0 saturated carbocycles. The van der Waals surface area contributed by atoms with Crippen LogP contribution in [0.1, 0.15) is 41.5 Å². The van der Waals surface area contributed by atoms with E-state index < -0.39 is 16.6 Å². The summed E-state index contributed by atoms with van der Waals surface area (Å²) in [4.78, 5) is 5.41. The number of hydrogen-bond donors (Lipinski definition) is 0. The first kappa shape index (κ1) is 17.7. The molecule has 0 aromatic rings. The van der Waals surface area contributed by atoms with Crippen molar-refractivity contribution >= 4 is 16.6 Å². The van der Waals surface area contributed by atoms with Gasteiger partial charge < -0.3 is 13.9 Å². The molecule has 124 valence electrons. The summed E-state index contributed by atoms with van der Waals surface area (Å²) < 4.78 is 7.05. The third-order valence-corrected chi connectivity index (χ3v) is 16.8. The summed E-state index contributed by atoms with van der Waals surface area (Å²) in [6.45, 7) is 23.8. The van der Waals surface area contributed by atoms with Crippen LogP contribution in [0.4, 0.5) is 0 Å². The summed E-state index contributed by atoms with van der Waals surface area (Å²) in [6.07, 6.45) is 0. The average molecular weight is 329 g/mol. The smallest absolute Gasteiger partial charge is 0.221 e. The molecule has 3 unspecified atom stereocenters. The highest BCUT2D eigenvalue weighted by Crippen LogP contribution is 2.69. The van der Waals surface area contributed by atoms with Crippen LogP contribution in [0.2, 0.25) is 24.2 Å². The molecule has 0 aromatic carbocycles. The van der Waals surface area contributed by atoms with Gasteiger partial charge in [0.1, 0.15) is 0 Å². The van der Waals surface area contributed by atoms with Gasteiger partial charge in [-0.05, 0) is 45.3 Å². The van der Waals surface area contributed by atoms with Crippen molar-refractivity contribution in [2.45, 2.75) is 77.0 Å². The molecule has 2 aliphatic rings. The zero-order valence-electron chi connectivity index (χ0n) is 15.5. The Morgan fingerprint density at radius 1 is 0.952 bits per heavy atom. The SMILES string of the molecule is CCN(CC)C1C[Si](C)(C)O[Si]12C(N(CC)CC)C2(C)C. The van der Waals surface area contributed by atoms with E-state index in [1.54, 1.807) is 0 Å². The predicted octanol–water partition coefficient (Wildman–Crippen LogP) is 3.46. The second kappa shape index (κ2) is 5.75.